The van der Waals surface area contributed by atoms with Crippen molar-refractivity contribution >= 4 is 0 Å². The van der Waals surface area contributed by atoms with E-state index < -0.39 is 5.92 Å². The lowest BCUT2D eigenvalue weighted by Gasteiger charge is -2.25. The van der Waals surface area contributed by atoms with Crippen molar-refractivity contribution in [1.82, 2.24) is 15.1 Å². The summed E-state index contributed by atoms with van der Waals surface area (Å²) in [5.41, 5.74) is 2.22. The number of hydrogen-bond acceptors (Lipinski definition) is 2. The van der Waals surface area contributed by atoms with Crippen molar-refractivity contribution in [2.45, 2.75) is 63.3 Å². The van der Waals surface area contributed by atoms with Gasteiger partial charge in [0.2, 0.25) is 5.92 Å². The quantitative estimate of drug-likeness (QED) is 0.922. The SMILES string of the molecule is CCc1cc(C2CCNCC2)n(C2CCC(F)(F)C2)n1. The lowest BCUT2D eigenvalue weighted by atomic mass is 9.94. The van der Waals surface area contributed by atoms with E-state index in [-0.39, 0.29) is 18.9 Å². The van der Waals surface area contributed by atoms with Crippen LogP contribution in [0.3, 0.4) is 0 Å². The maximum absolute atomic E-state index is 13.5. The number of halogens is 2. The fraction of sp³-hybridized carbons (Fsp3) is 0.800. The van der Waals surface area contributed by atoms with Crippen LogP contribution in [0.5, 0.6) is 0 Å². The first-order valence-electron chi connectivity index (χ1n) is 7.76. The molecule has 1 saturated heterocycles. The average molecular weight is 283 g/mol. The van der Waals surface area contributed by atoms with Crippen molar-refractivity contribution in [3.8, 4) is 0 Å². The second-order valence-electron chi connectivity index (χ2n) is 6.14. The summed E-state index contributed by atoms with van der Waals surface area (Å²) in [5, 5.41) is 7.97. The summed E-state index contributed by atoms with van der Waals surface area (Å²) < 4.78 is 28.9. The third kappa shape index (κ3) is 2.73. The minimum absolute atomic E-state index is 0.00461. The molecule has 1 aromatic heterocycles. The summed E-state index contributed by atoms with van der Waals surface area (Å²) in [6.07, 6.45) is 3.54. The van der Waals surface area contributed by atoms with Gasteiger partial charge in [-0.25, -0.2) is 8.78 Å². The van der Waals surface area contributed by atoms with E-state index in [1.165, 1.54) is 5.69 Å². The van der Waals surface area contributed by atoms with Gasteiger partial charge in [-0.3, -0.25) is 4.68 Å². The highest BCUT2D eigenvalue weighted by molar-refractivity contribution is 5.17. The lowest BCUT2D eigenvalue weighted by molar-refractivity contribution is 0.00501. The van der Waals surface area contributed by atoms with Crippen molar-refractivity contribution in [3.05, 3.63) is 17.5 Å². The van der Waals surface area contributed by atoms with Crippen LogP contribution in [0.2, 0.25) is 0 Å². The Bertz CT molecular complexity index is 464. The Balaban J connectivity index is 1.87. The summed E-state index contributed by atoms with van der Waals surface area (Å²) in [6.45, 7) is 4.10. The van der Waals surface area contributed by atoms with Gasteiger partial charge in [0.15, 0.2) is 0 Å². The predicted octanol–water partition coefficient (Wildman–Crippen LogP) is 3.27. The van der Waals surface area contributed by atoms with Gasteiger partial charge >= 0.3 is 0 Å². The molecule has 0 spiro atoms. The summed E-state index contributed by atoms with van der Waals surface area (Å²) in [6, 6.07) is 2.03. The van der Waals surface area contributed by atoms with Crippen molar-refractivity contribution in [3.63, 3.8) is 0 Å². The molecule has 5 heteroatoms. The van der Waals surface area contributed by atoms with Gasteiger partial charge in [0.05, 0.1) is 11.7 Å². The average Bonchev–Trinajstić information content (AvgIpc) is 3.03. The van der Waals surface area contributed by atoms with Crippen LogP contribution in [0.4, 0.5) is 8.78 Å². The summed E-state index contributed by atoms with van der Waals surface area (Å²) >= 11 is 0. The van der Waals surface area contributed by atoms with Gasteiger partial charge in [-0.15, -0.1) is 0 Å². The number of piperidine rings is 1. The zero-order chi connectivity index (χ0) is 14.2. The topological polar surface area (TPSA) is 29.9 Å². The smallest absolute Gasteiger partial charge is 0.250 e. The van der Waals surface area contributed by atoms with Gasteiger partial charge in [-0.1, -0.05) is 6.92 Å². The molecule has 1 aliphatic carbocycles. The first kappa shape index (κ1) is 14.0. The molecule has 112 valence electrons. The molecule has 1 atom stereocenters. The van der Waals surface area contributed by atoms with Crippen LogP contribution in [-0.2, 0) is 6.42 Å². The molecule has 1 saturated carbocycles. The molecular weight excluding hydrogens is 260 g/mol. The van der Waals surface area contributed by atoms with E-state index in [0.717, 1.165) is 38.0 Å². The molecule has 1 unspecified atom stereocenters. The van der Waals surface area contributed by atoms with E-state index in [2.05, 4.69) is 23.4 Å². The van der Waals surface area contributed by atoms with Crippen LogP contribution >= 0.6 is 0 Å². The maximum atomic E-state index is 13.5. The van der Waals surface area contributed by atoms with Crippen molar-refractivity contribution in [2.24, 2.45) is 0 Å². The van der Waals surface area contributed by atoms with E-state index in [9.17, 15) is 8.78 Å². The Morgan fingerprint density at radius 2 is 2.10 bits per heavy atom. The second kappa shape index (κ2) is 5.43. The minimum Gasteiger partial charge on any atom is -0.317 e. The van der Waals surface area contributed by atoms with Crippen LogP contribution in [-0.4, -0.2) is 28.8 Å². The Labute approximate surface area is 118 Å². The Kier molecular flexibility index (Phi) is 3.80. The van der Waals surface area contributed by atoms with Crippen molar-refractivity contribution in [2.75, 3.05) is 13.1 Å². The summed E-state index contributed by atoms with van der Waals surface area (Å²) in [4.78, 5) is 0. The van der Waals surface area contributed by atoms with Crippen molar-refractivity contribution in [1.29, 1.82) is 0 Å². The van der Waals surface area contributed by atoms with E-state index in [0.29, 0.717) is 12.3 Å². The highest BCUT2D eigenvalue weighted by Crippen LogP contribution is 2.43. The molecule has 3 nitrogen and oxygen atoms in total. The molecule has 0 aromatic carbocycles. The largest absolute Gasteiger partial charge is 0.317 e. The fourth-order valence-electron chi connectivity index (χ4n) is 3.49. The summed E-state index contributed by atoms with van der Waals surface area (Å²) in [7, 11) is 0. The molecule has 2 heterocycles. The number of hydrogen-bond donors (Lipinski definition) is 1. The fourth-order valence-corrected chi connectivity index (χ4v) is 3.49. The van der Waals surface area contributed by atoms with Gasteiger partial charge in [-0.05, 0) is 44.8 Å². The van der Waals surface area contributed by atoms with Gasteiger partial charge in [0.1, 0.15) is 0 Å². The zero-order valence-corrected chi connectivity index (χ0v) is 12.0. The first-order valence-corrected chi connectivity index (χ1v) is 7.76. The van der Waals surface area contributed by atoms with Gasteiger partial charge < -0.3 is 5.32 Å². The second-order valence-corrected chi connectivity index (χ2v) is 6.14. The van der Waals surface area contributed by atoms with Crippen LogP contribution in [0.15, 0.2) is 6.07 Å². The Hall–Kier alpha value is -0.970. The van der Waals surface area contributed by atoms with Gasteiger partial charge in [0.25, 0.3) is 0 Å². The van der Waals surface area contributed by atoms with Crippen LogP contribution in [0, 0.1) is 0 Å². The Morgan fingerprint density at radius 3 is 2.70 bits per heavy atom. The highest BCUT2D eigenvalue weighted by atomic mass is 19.3. The van der Waals surface area contributed by atoms with Gasteiger partial charge in [0, 0.05) is 24.5 Å². The van der Waals surface area contributed by atoms with Crippen LogP contribution in [0.1, 0.15) is 62.4 Å². The number of nitrogens with zero attached hydrogens (tertiary/aromatic N) is 2. The third-order valence-electron chi connectivity index (χ3n) is 4.66. The highest BCUT2D eigenvalue weighted by Gasteiger charge is 2.41. The third-order valence-corrected chi connectivity index (χ3v) is 4.66. The molecule has 0 radical (unpaired) electrons. The van der Waals surface area contributed by atoms with E-state index in [4.69, 9.17) is 0 Å². The molecule has 0 bridgehead atoms. The van der Waals surface area contributed by atoms with Crippen LogP contribution in [0.25, 0.3) is 0 Å². The molecule has 1 aromatic rings. The number of aromatic nitrogens is 2. The molecule has 3 rings (SSSR count). The molecule has 2 aliphatic rings. The number of nitrogens with one attached hydrogen (secondary N) is 1. The number of rotatable bonds is 3. The number of alkyl halides is 2. The normalized spacial score (nSPS) is 27.1. The molecule has 1 N–H and O–H groups in total. The zero-order valence-electron chi connectivity index (χ0n) is 12.0. The van der Waals surface area contributed by atoms with Crippen LogP contribution < -0.4 is 5.32 Å². The molecule has 2 fully saturated rings. The predicted molar refractivity (Wildman–Crippen MR) is 74.3 cm³/mol. The standard InChI is InChI=1S/C15H23F2N3/c1-2-12-9-14(11-4-7-18-8-5-11)20(19-12)13-3-6-15(16,17)10-13/h9,11,13,18H,2-8,10H2,1H3. The van der Waals surface area contributed by atoms with Gasteiger partial charge in [-0.2, -0.15) is 5.10 Å². The minimum atomic E-state index is -2.51. The molecule has 0 amide bonds. The monoisotopic (exact) mass is 283 g/mol. The summed E-state index contributed by atoms with van der Waals surface area (Å²) in [5.74, 6) is -2.03. The van der Waals surface area contributed by atoms with E-state index >= 15 is 0 Å². The molecule has 20 heavy (non-hydrogen) atoms. The van der Waals surface area contributed by atoms with E-state index in [1.54, 1.807) is 0 Å². The maximum Gasteiger partial charge on any atom is 0.250 e. The Morgan fingerprint density at radius 1 is 1.35 bits per heavy atom. The first-order chi connectivity index (χ1) is 9.59. The number of aryl methyl sites for hydroxylation is 1. The lowest BCUT2D eigenvalue weighted by Crippen LogP contribution is -2.28. The molecule has 1 aliphatic heterocycles. The molecular formula is C15H23F2N3. The van der Waals surface area contributed by atoms with E-state index in [1.807, 2.05) is 4.68 Å². The van der Waals surface area contributed by atoms with Crippen molar-refractivity contribution < 1.29 is 8.78 Å².